The van der Waals surface area contributed by atoms with Gasteiger partial charge in [-0.25, -0.2) is 4.39 Å². The van der Waals surface area contributed by atoms with Crippen LogP contribution in [0.15, 0.2) is 24.3 Å². The van der Waals surface area contributed by atoms with E-state index in [1.807, 2.05) is 12.1 Å². The molecule has 81 valence electrons. The first-order valence-electron chi connectivity index (χ1n) is 5.57. The fourth-order valence-corrected chi connectivity index (χ4v) is 2.09. The van der Waals surface area contributed by atoms with Gasteiger partial charge in [0.25, 0.3) is 0 Å². The van der Waals surface area contributed by atoms with Gasteiger partial charge in [-0.15, -0.1) is 0 Å². The van der Waals surface area contributed by atoms with Crippen molar-refractivity contribution >= 4 is 0 Å². The highest BCUT2D eigenvalue weighted by Gasteiger charge is 2.17. The summed E-state index contributed by atoms with van der Waals surface area (Å²) in [4.78, 5) is 2.37. The van der Waals surface area contributed by atoms with Gasteiger partial charge in [0, 0.05) is 12.6 Å². The molecule has 15 heavy (non-hydrogen) atoms. The molecule has 1 nitrogen and oxygen atoms in total. The Labute approximate surface area is 90.9 Å². The summed E-state index contributed by atoms with van der Waals surface area (Å²) in [7, 11) is 0. The number of rotatable bonds is 2. The van der Waals surface area contributed by atoms with Crippen LogP contribution in [0.2, 0.25) is 0 Å². The van der Waals surface area contributed by atoms with Crippen molar-refractivity contribution in [2.24, 2.45) is 0 Å². The number of piperidine rings is 1. The molecule has 0 bridgehead atoms. The Balaban J connectivity index is 1.98. The predicted octanol–water partition coefficient (Wildman–Crippen LogP) is 3.01. The van der Waals surface area contributed by atoms with Crippen LogP contribution in [0, 0.1) is 12.7 Å². The first-order chi connectivity index (χ1) is 7.25. The maximum absolute atomic E-state index is 12.7. The molecule has 1 saturated heterocycles. The number of likely N-dealkylation sites (tertiary alicyclic amines) is 1. The van der Waals surface area contributed by atoms with Crippen molar-refractivity contribution in [1.82, 2.24) is 4.90 Å². The van der Waals surface area contributed by atoms with Crippen LogP contribution in [-0.4, -0.2) is 17.5 Å². The van der Waals surface area contributed by atoms with Gasteiger partial charge in [0.15, 0.2) is 0 Å². The first kappa shape index (κ1) is 10.6. The Kier molecular flexibility index (Phi) is 3.37. The van der Waals surface area contributed by atoms with Crippen LogP contribution in [-0.2, 0) is 6.54 Å². The molecule has 0 saturated carbocycles. The molecule has 1 aromatic carbocycles. The topological polar surface area (TPSA) is 3.24 Å². The quantitative estimate of drug-likeness (QED) is 0.719. The standard InChI is InChI=1S/C13H17FN/c1-11-4-2-3-9-15(11)10-12-5-7-13(14)8-6-12/h5-8,11H,1-4,9-10H2. The van der Waals surface area contributed by atoms with E-state index in [0.717, 1.165) is 13.1 Å². The number of hydrogen-bond acceptors (Lipinski definition) is 1. The fraction of sp³-hybridized carbons (Fsp3) is 0.462. The molecule has 0 amide bonds. The maximum atomic E-state index is 12.7. The summed E-state index contributed by atoms with van der Waals surface area (Å²) >= 11 is 0. The van der Waals surface area contributed by atoms with Gasteiger partial charge >= 0.3 is 0 Å². The zero-order valence-electron chi connectivity index (χ0n) is 8.95. The molecule has 1 atom stereocenters. The van der Waals surface area contributed by atoms with E-state index >= 15 is 0 Å². The number of hydrogen-bond donors (Lipinski definition) is 0. The zero-order chi connectivity index (χ0) is 10.7. The summed E-state index contributed by atoms with van der Waals surface area (Å²) in [5.74, 6) is -0.163. The summed E-state index contributed by atoms with van der Waals surface area (Å²) in [6, 6.07) is 7.19. The third-order valence-electron chi connectivity index (χ3n) is 3.05. The molecule has 0 spiro atoms. The lowest BCUT2D eigenvalue weighted by molar-refractivity contribution is 0.170. The average Bonchev–Trinajstić information content (AvgIpc) is 2.25. The van der Waals surface area contributed by atoms with E-state index in [2.05, 4.69) is 11.8 Å². The van der Waals surface area contributed by atoms with Crippen LogP contribution in [0.4, 0.5) is 4.39 Å². The van der Waals surface area contributed by atoms with Gasteiger partial charge in [-0.2, -0.15) is 0 Å². The molecule has 1 heterocycles. The van der Waals surface area contributed by atoms with Crippen LogP contribution in [0.5, 0.6) is 0 Å². The van der Waals surface area contributed by atoms with Crippen molar-refractivity contribution in [1.29, 1.82) is 0 Å². The smallest absolute Gasteiger partial charge is 0.123 e. The fourth-order valence-electron chi connectivity index (χ4n) is 2.09. The van der Waals surface area contributed by atoms with Crippen molar-refractivity contribution in [3.63, 3.8) is 0 Å². The normalized spacial score (nSPS) is 22.9. The van der Waals surface area contributed by atoms with Gasteiger partial charge in [-0.05, 0) is 44.0 Å². The van der Waals surface area contributed by atoms with E-state index in [4.69, 9.17) is 0 Å². The Morgan fingerprint density at radius 2 is 2.00 bits per heavy atom. The lowest BCUT2D eigenvalue weighted by atomic mass is 10.0. The molecule has 1 fully saturated rings. The van der Waals surface area contributed by atoms with E-state index in [1.165, 1.54) is 37.0 Å². The van der Waals surface area contributed by atoms with Crippen LogP contribution >= 0.6 is 0 Å². The van der Waals surface area contributed by atoms with Crippen LogP contribution in [0.3, 0.4) is 0 Å². The van der Waals surface area contributed by atoms with Crippen molar-refractivity contribution in [2.75, 3.05) is 6.54 Å². The molecule has 0 aliphatic carbocycles. The molecule has 1 unspecified atom stereocenters. The third-order valence-corrected chi connectivity index (χ3v) is 3.05. The minimum Gasteiger partial charge on any atom is -0.296 e. The lowest BCUT2D eigenvalue weighted by Gasteiger charge is -2.33. The van der Waals surface area contributed by atoms with E-state index in [9.17, 15) is 4.39 Å². The van der Waals surface area contributed by atoms with Crippen molar-refractivity contribution in [3.8, 4) is 0 Å². The third kappa shape index (κ3) is 2.78. The summed E-state index contributed by atoms with van der Waals surface area (Å²) in [6.07, 6.45) is 3.72. The van der Waals surface area contributed by atoms with Gasteiger partial charge in [0.05, 0.1) is 0 Å². The van der Waals surface area contributed by atoms with E-state index in [0.29, 0.717) is 6.04 Å². The van der Waals surface area contributed by atoms with Crippen LogP contribution in [0.1, 0.15) is 24.8 Å². The number of nitrogens with zero attached hydrogens (tertiary/aromatic N) is 1. The minimum absolute atomic E-state index is 0.163. The van der Waals surface area contributed by atoms with Gasteiger partial charge in [-0.3, -0.25) is 4.90 Å². The van der Waals surface area contributed by atoms with Crippen LogP contribution in [0.25, 0.3) is 0 Å². The Morgan fingerprint density at radius 3 is 2.67 bits per heavy atom. The van der Waals surface area contributed by atoms with Crippen molar-refractivity contribution < 1.29 is 4.39 Å². The van der Waals surface area contributed by atoms with Gasteiger partial charge in [-0.1, -0.05) is 18.6 Å². The molecule has 0 aromatic heterocycles. The van der Waals surface area contributed by atoms with E-state index in [1.54, 1.807) is 0 Å². The highest BCUT2D eigenvalue weighted by atomic mass is 19.1. The van der Waals surface area contributed by atoms with Gasteiger partial charge < -0.3 is 0 Å². The van der Waals surface area contributed by atoms with Crippen molar-refractivity contribution in [2.45, 2.75) is 31.8 Å². The van der Waals surface area contributed by atoms with Crippen LogP contribution < -0.4 is 0 Å². The summed E-state index contributed by atoms with van der Waals surface area (Å²) in [6.45, 7) is 6.16. The maximum Gasteiger partial charge on any atom is 0.123 e. The molecular formula is C13H17FN. The zero-order valence-corrected chi connectivity index (χ0v) is 8.95. The molecule has 1 aliphatic heterocycles. The molecule has 2 rings (SSSR count). The molecule has 0 N–H and O–H groups in total. The highest BCUT2D eigenvalue weighted by molar-refractivity contribution is 5.16. The lowest BCUT2D eigenvalue weighted by Crippen LogP contribution is -2.36. The SMILES string of the molecule is [CH2]C1CCCCN1Cc1ccc(F)cc1. The number of benzene rings is 1. The monoisotopic (exact) mass is 206 g/mol. The van der Waals surface area contributed by atoms with Gasteiger partial charge in [0.1, 0.15) is 5.82 Å². The Bertz CT molecular complexity index is 307. The largest absolute Gasteiger partial charge is 0.296 e. The average molecular weight is 206 g/mol. The second-order valence-electron chi connectivity index (χ2n) is 4.25. The second-order valence-corrected chi connectivity index (χ2v) is 4.25. The Hall–Kier alpha value is -0.890. The minimum atomic E-state index is -0.163. The first-order valence-corrected chi connectivity index (χ1v) is 5.57. The molecular weight excluding hydrogens is 189 g/mol. The highest BCUT2D eigenvalue weighted by Crippen LogP contribution is 2.18. The molecule has 1 aromatic rings. The van der Waals surface area contributed by atoms with E-state index in [-0.39, 0.29) is 5.82 Å². The van der Waals surface area contributed by atoms with Crippen molar-refractivity contribution in [3.05, 3.63) is 42.6 Å². The number of halogens is 1. The second kappa shape index (κ2) is 4.75. The molecule has 2 heteroatoms. The molecule has 1 aliphatic rings. The predicted molar refractivity (Wildman–Crippen MR) is 59.8 cm³/mol. The summed E-state index contributed by atoms with van der Waals surface area (Å²) in [5.41, 5.74) is 1.17. The van der Waals surface area contributed by atoms with E-state index < -0.39 is 0 Å². The Morgan fingerprint density at radius 1 is 1.27 bits per heavy atom. The molecule has 1 radical (unpaired) electrons. The van der Waals surface area contributed by atoms with Gasteiger partial charge in [0.2, 0.25) is 0 Å². The summed E-state index contributed by atoms with van der Waals surface area (Å²) in [5, 5.41) is 0. The summed E-state index contributed by atoms with van der Waals surface area (Å²) < 4.78 is 12.7.